The van der Waals surface area contributed by atoms with Crippen molar-refractivity contribution in [1.82, 2.24) is 20.1 Å². The molecule has 1 aromatic carbocycles. The number of hydrogen-bond donors (Lipinski definition) is 2. The highest BCUT2D eigenvalue weighted by atomic mass is 35.5. The van der Waals surface area contributed by atoms with E-state index < -0.39 is 12.1 Å². The minimum Gasteiger partial charge on any atom is -0.475 e. The predicted molar refractivity (Wildman–Crippen MR) is 94.4 cm³/mol. The molecule has 0 radical (unpaired) electrons. The maximum absolute atomic E-state index is 10.6. The van der Waals surface area contributed by atoms with Crippen LogP contribution in [-0.2, 0) is 4.79 Å². The van der Waals surface area contributed by atoms with E-state index in [1.54, 1.807) is 0 Å². The van der Waals surface area contributed by atoms with Crippen LogP contribution in [0.15, 0.2) is 18.2 Å². The van der Waals surface area contributed by atoms with Crippen LogP contribution in [-0.4, -0.2) is 45.1 Å². The first-order valence-corrected chi connectivity index (χ1v) is 8.68. The van der Waals surface area contributed by atoms with Gasteiger partial charge in [-0.2, -0.15) is 18.3 Å². The number of alkyl halides is 3. The number of nitrogens with one attached hydrogen (secondary N) is 1. The van der Waals surface area contributed by atoms with E-state index in [1.165, 1.54) is 0 Å². The molecular weight excluding hydrogens is 385 g/mol. The Morgan fingerprint density at radius 1 is 1.30 bits per heavy atom. The largest absolute Gasteiger partial charge is 0.490 e. The van der Waals surface area contributed by atoms with Crippen molar-refractivity contribution in [3.63, 3.8) is 0 Å². The van der Waals surface area contributed by atoms with Gasteiger partial charge in [-0.15, -0.1) is 0 Å². The van der Waals surface area contributed by atoms with Crippen LogP contribution in [0.25, 0.3) is 5.69 Å². The first kappa shape index (κ1) is 21.2. The van der Waals surface area contributed by atoms with Crippen molar-refractivity contribution < 1.29 is 23.1 Å². The highest BCUT2D eigenvalue weighted by molar-refractivity contribution is 6.31. The van der Waals surface area contributed by atoms with Gasteiger partial charge in [0.2, 0.25) is 0 Å². The first-order valence-electron chi connectivity index (χ1n) is 8.30. The van der Waals surface area contributed by atoms with Crippen molar-refractivity contribution >= 4 is 17.6 Å². The molecule has 1 fully saturated rings. The molecule has 0 saturated carbocycles. The molecule has 0 amide bonds. The number of aromatic nitrogens is 3. The minimum atomic E-state index is -5.08. The summed E-state index contributed by atoms with van der Waals surface area (Å²) in [4.78, 5) is 13.5. The summed E-state index contributed by atoms with van der Waals surface area (Å²) in [6, 6.07) is 6.00. The van der Waals surface area contributed by atoms with Gasteiger partial charge < -0.3 is 10.4 Å². The summed E-state index contributed by atoms with van der Waals surface area (Å²) in [5.41, 5.74) is 2.11. The fourth-order valence-electron chi connectivity index (χ4n) is 2.73. The first-order chi connectivity index (χ1) is 12.6. The second-order valence-electron chi connectivity index (χ2n) is 6.19. The Balaban J connectivity index is 0.000000321. The van der Waals surface area contributed by atoms with Crippen LogP contribution in [0.2, 0.25) is 5.02 Å². The lowest BCUT2D eigenvalue weighted by atomic mass is 9.97. The summed E-state index contributed by atoms with van der Waals surface area (Å²) in [7, 11) is 0. The van der Waals surface area contributed by atoms with Crippen LogP contribution in [0, 0.1) is 13.8 Å². The topological polar surface area (TPSA) is 80.0 Å². The Labute approximate surface area is 159 Å². The Bertz CT molecular complexity index is 802. The molecule has 2 aromatic rings. The van der Waals surface area contributed by atoms with Gasteiger partial charge in [-0.1, -0.05) is 11.6 Å². The number of aliphatic carboxylic acids is 1. The zero-order chi connectivity index (χ0) is 20.2. The molecule has 0 bridgehead atoms. The number of aryl methyl sites for hydroxylation is 2. The molecule has 27 heavy (non-hydrogen) atoms. The quantitative estimate of drug-likeness (QED) is 0.798. The van der Waals surface area contributed by atoms with E-state index in [2.05, 4.69) is 21.5 Å². The van der Waals surface area contributed by atoms with Crippen LogP contribution in [0.4, 0.5) is 13.2 Å². The van der Waals surface area contributed by atoms with Gasteiger partial charge >= 0.3 is 12.1 Å². The minimum absolute atomic E-state index is 0.480. The van der Waals surface area contributed by atoms with E-state index in [0.29, 0.717) is 5.92 Å². The third-order valence-electron chi connectivity index (χ3n) is 4.07. The second-order valence-corrected chi connectivity index (χ2v) is 6.60. The van der Waals surface area contributed by atoms with E-state index in [4.69, 9.17) is 21.5 Å². The summed E-state index contributed by atoms with van der Waals surface area (Å²) < 4.78 is 33.7. The molecule has 1 aromatic heterocycles. The lowest BCUT2D eigenvalue weighted by molar-refractivity contribution is -0.192. The van der Waals surface area contributed by atoms with Crippen LogP contribution < -0.4 is 5.32 Å². The van der Waals surface area contributed by atoms with E-state index >= 15 is 0 Å². The van der Waals surface area contributed by atoms with Crippen molar-refractivity contribution in [2.24, 2.45) is 0 Å². The van der Waals surface area contributed by atoms with Crippen LogP contribution in [0.3, 0.4) is 0 Å². The summed E-state index contributed by atoms with van der Waals surface area (Å²) in [5.74, 6) is -0.377. The maximum atomic E-state index is 10.6. The fraction of sp³-hybridized carbons (Fsp3) is 0.471. The van der Waals surface area contributed by atoms with Crippen LogP contribution >= 0.6 is 11.6 Å². The second kappa shape index (κ2) is 8.71. The van der Waals surface area contributed by atoms with Crippen molar-refractivity contribution in [1.29, 1.82) is 0 Å². The molecule has 0 atom stereocenters. The zero-order valence-corrected chi connectivity index (χ0v) is 15.6. The van der Waals surface area contributed by atoms with Gasteiger partial charge in [0.15, 0.2) is 0 Å². The van der Waals surface area contributed by atoms with E-state index in [1.807, 2.05) is 30.7 Å². The zero-order valence-electron chi connectivity index (χ0n) is 14.8. The summed E-state index contributed by atoms with van der Waals surface area (Å²) >= 11 is 6.11. The van der Waals surface area contributed by atoms with E-state index in [0.717, 1.165) is 53.9 Å². The molecule has 148 valence electrons. The number of halogens is 4. The fourth-order valence-corrected chi connectivity index (χ4v) is 2.84. The monoisotopic (exact) mass is 404 g/mol. The molecule has 0 aliphatic carbocycles. The summed E-state index contributed by atoms with van der Waals surface area (Å²) in [6.07, 6.45) is -2.85. The van der Waals surface area contributed by atoms with Crippen molar-refractivity contribution in [3.05, 3.63) is 40.4 Å². The molecular formula is C17H20ClF3N4O2. The molecule has 3 rings (SSSR count). The van der Waals surface area contributed by atoms with Crippen LogP contribution in [0.5, 0.6) is 0 Å². The number of carboxylic acids is 1. The highest BCUT2D eigenvalue weighted by Crippen LogP contribution is 2.27. The molecule has 0 unspecified atom stereocenters. The molecule has 0 spiro atoms. The third-order valence-corrected chi connectivity index (χ3v) is 4.50. The Morgan fingerprint density at radius 2 is 1.89 bits per heavy atom. The van der Waals surface area contributed by atoms with Crippen molar-refractivity contribution in [3.8, 4) is 5.69 Å². The SMILES string of the molecule is Cc1nc(C2CCNCC2)n(-c2ccc(Cl)c(C)c2)n1.O=C(O)C(F)(F)F. The number of carboxylic acid groups (broad SMARTS) is 1. The number of hydrogen-bond acceptors (Lipinski definition) is 4. The smallest absolute Gasteiger partial charge is 0.475 e. The molecule has 10 heteroatoms. The molecule has 1 saturated heterocycles. The Kier molecular flexibility index (Phi) is 6.83. The lowest BCUT2D eigenvalue weighted by Gasteiger charge is -2.22. The molecule has 1 aliphatic heterocycles. The van der Waals surface area contributed by atoms with E-state index in [9.17, 15) is 13.2 Å². The summed E-state index contributed by atoms with van der Waals surface area (Å²) in [6.45, 7) is 6.07. The number of carbonyl (C=O) groups is 1. The lowest BCUT2D eigenvalue weighted by Crippen LogP contribution is -2.28. The maximum Gasteiger partial charge on any atom is 0.490 e. The summed E-state index contributed by atoms with van der Waals surface area (Å²) in [5, 5.41) is 15.9. The normalized spacial score (nSPS) is 15.2. The highest BCUT2D eigenvalue weighted by Gasteiger charge is 2.38. The number of nitrogens with zero attached hydrogens (tertiary/aromatic N) is 3. The van der Waals surface area contributed by atoms with Crippen molar-refractivity contribution in [2.75, 3.05) is 13.1 Å². The van der Waals surface area contributed by atoms with Gasteiger partial charge in [0, 0.05) is 10.9 Å². The van der Waals surface area contributed by atoms with Gasteiger partial charge in [0.1, 0.15) is 11.6 Å². The molecule has 1 aliphatic rings. The van der Waals surface area contributed by atoms with Crippen LogP contribution in [0.1, 0.15) is 36.0 Å². The number of benzene rings is 1. The average molecular weight is 405 g/mol. The van der Waals surface area contributed by atoms with E-state index in [-0.39, 0.29) is 0 Å². The van der Waals surface area contributed by atoms with Gasteiger partial charge in [-0.05, 0) is 63.5 Å². The Morgan fingerprint density at radius 3 is 2.41 bits per heavy atom. The average Bonchev–Trinajstić information content (AvgIpc) is 3.00. The Hall–Kier alpha value is -2.13. The molecule has 2 heterocycles. The predicted octanol–water partition coefficient (Wildman–Crippen LogP) is 3.64. The molecule has 6 nitrogen and oxygen atoms in total. The number of rotatable bonds is 2. The standard InChI is InChI=1S/C15H19ClN4.C2HF3O2/c1-10-9-13(3-4-14(10)16)20-15(18-11(2)19-20)12-5-7-17-8-6-12;3-2(4,5)1(6)7/h3-4,9,12,17H,5-8H2,1-2H3;(H,6,7). The van der Waals surface area contributed by atoms with Gasteiger partial charge in [0.25, 0.3) is 0 Å². The van der Waals surface area contributed by atoms with Gasteiger partial charge in [-0.25, -0.2) is 14.5 Å². The van der Waals surface area contributed by atoms with Gasteiger partial charge in [0.05, 0.1) is 5.69 Å². The third kappa shape index (κ3) is 5.67. The molecule has 2 N–H and O–H groups in total. The van der Waals surface area contributed by atoms with Gasteiger partial charge in [-0.3, -0.25) is 0 Å². The van der Waals surface area contributed by atoms with Crippen molar-refractivity contribution in [2.45, 2.75) is 38.8 Å². The number of piperidine rings is 1.